The van der Waals surface area contributed by atoms with E-state index in [1.165, 1.54) is 0 Å². The fourth-order valence-corrected chi connectivity index (χ4v) is 3.32. The van der Waals surface area contributed by atoms with E-state index in [0.29, 0.717) is 12.3 Å². The molecule has 17 heavy (non-hydrogen) atoms. The number of ketones is 2. The topological polar surface area (TPSA) is 34.1 Å². The second kappa shape index (κ2) is 3.28. The molecular weight excluding hydrogens is 212 g/mol. The van der Waals surface area contributed by atoms with Gasteiger partial charge in [0.15, 0.2) is 5.78 Å². The van der Waals surface area contributed by atoms with Crippen LogP contribution in [0.15, 0.2) is 18.2 Å². The van der Waals surface area contributed by atoms with Gasteiger partial charge in [0, 0.05) is 12.0 Å². The second-order valence-electron chi connectivity index (χ2n) is 5.54. The maximum absolute atomic E-state index is 12.5. The maximum Gasteiger partial charge on any atom is 0.176 e. The predicted molar refractivity (Wildman–Crippen MR) is 65.0 cm³/mol. The molecule has 88 valence electrons. The molecule has 0 unspecified atom stereocenters. The zero-order chi connectivity index (χ0) is 12.2. The largest absolute Gasteiger partial charge is 0.299 e. The maximum atomic E-state index is 12.5. The number of aryl methyl sites for hydroxylation is 2. The van der Waals surface area contributed by atoms with Crippen LogP contribution in [-0.2, 0) is 4.79 Å². The molecule has 2 nitrogen and oxygen atoms in total. The molecule has 1 aromatic rings. The van der Waals surface area contributed by atoms with Crippen LogP contribution >= 0.6 is 0 Å². The van der Waals surface area contributed by atoms with Crippen molar-refractivity contribution in [1.29, 1.82) is 0 Å². The standard InChI is InChI=1S/C15H16O2/c1-9-5-10(2)7-11(6-9)14(17)15-8-12(15)3-4-13(15)16/h5-7,12H,3-4,8H2,1-2H3/t12-,15-/m0/s1. The molecule has 0 radical (unpaired) electrons. The first-order valence-corrected chi connectivity index (χ1v) is 6.20. The SMILES string of the molecule is Cc1cc(C)cc(C(=O)[C@@]23C[C@@H]2CCC3=O)c1. The highest BCUT2D eigenvalue weighted by Gasteiger charge is 2.67. The third-order valence-corrected chi connectivity index (χ3v) is 4.21. The lowest BCUT2D eigenvalue weighted by molar-refractivity contribution is -0.121. The fraction of sp³-hybridized carbons (Fsp3) is 0.467. The van der Waals surface area contributed by atoms with Crippen molar-refractivity contribution in [2.45, 2.75) is 33.1 Å². The third kappa shape index (κ3) is 1.40. The Kier molecular flexibility index (Phi) is 2.07. The number of rotatable bonds is 2. The van der Waals surface area contributed by atoms with Crippen LogP contribution in [-0.4, -0.2) is 11.6 Å². The highest BCUT2D eigenvalue weighted by Crippen LogP contribution is 2.62. The van der Waals surface area contributed by atoms with Gasteiger partial charge in [-0.25, -0.2) is 0 Å². The van der Waals surface area contributed by atoms with Gasteiger partial charge in [0.25, 0.3) is 0 Å². The Balaban J connectivity index is 2.00. The van der Waals surface area contributed by atoms with Crippen molar-refractivity contribution in [2.24, 2.45) is 11.3 Å². The predicted octanol–water partition coefficient (Wildman–Crippen LogP) is 2.86. The first kappa shape index (κ1) is 10.7. The molecule has 3 rings (SSSR count). The lowest BCUT2D eigenvalue weighted by Gasteiger charge is -2.11. The normalized spacial score (nSPS) is 30.2. The van der Waals surface area contributed by atoms with Crippen LogP contribution in [0.4, 0.5) is 0 Å². The van der Waals surface area contributed by atoms with Crippen LogP contribution in [0.1, 0.15) is 40.7 Å². The first-order chi connectivity index (χ1) is 8.04. The zero-order valence-corrected chi connectivity index (χ0v) is 10.2. The Hall–Kier alpha value is -1.44. The van der Waals surface area contributed by atoms with Crippen LogP contribution in [0, 0.1) is 25.2 Å². The molecule has 0 N–H and O–H groups in total. The fourth-order valence-electron chi connectivity index (χ4n) is 3.32. The van der Waals surface area contributed by atoms with Crippen molar-refractivity contribution in [3.63, 3.8) is 0 Å². The molecule has 2 atom stereocenters. The molecule has 0 bridgehead atoms. The van der Waals surface area contributed by atoms with E-state index >= 15 is 0 Å². The van der Waals surface area contributed by atoms with Gasteiger partial charge in [-0.2, -0.15) is 0 Å². The summed E-state index contributed by atoms with van der Waals surface area (Å²) in [6, 6.07) is 5.87. The van der Waals surface area contributed by atoms with Crippen LogP contribution in [0.25, 0.3) is 0 Å². The summed E-state index contributed by atoms with van der Waals surface area (Å²) in [6.45, 7) is 3.98. The van der Waals surface area contributed by atoms with Gasteiger partial charge in [0.1, 0.15) is 5.78 Å². The highest BCUT2D eigenvalue weighted by atomic mass is 16.2. The molecule has 2 aliphatic carbocycles. The smallest absolute Gasteiger partial charge is 0.176 e. The minimum absolute atomic E-state index is 0.0665. The molecule has 0 spiro atoms. The summed E-state index contributed by atoms with van der Waals surface area (Å²) in [6.07, 6.45) is 2.30. The van der Waals surface area contributed by atoms with Crippen molar-refractivity contribution < 1.29 is 9.59 Å². The lowest BCUT2D eigenvalue weighted by Crippen LogP contribution is -2.24. The summed E-state index contributed by atoms with van der Waals surface area (Å²) < 4.78 is 0. The Morgan fingerprint density at radius 1 is 1.24 bits per heavy atom. The van der Waals surface area contributed by atoms with Gasteiger partial charge in [0.05, 0.1) is 5.41 Å². The van der Waals surface area contributed by atoms with Gasteiger partial charge in [0.2, 0.25) is 0 Å². The number of hydrogen-bond acceptors (Lipinski definition) is 2. The van der Waals surface area contributed by atoms with E-state index in [9.17, 15) is 9.59 Å². The molecule has 2 fully saturated rings. The average molecular weight is 228 g/mol. The van der Waals surface area contributed by atoms with Gasteiger partial charge in [-0.15, -0.1) is 0 Å². The Morgan fingerprint density at radius 2 is 1.88 bits per heavy atom. The number of carbonyl (C=O) groups is 2. The van der Waals surface area contributed by atoms with E-state index in [2.05, 4.69) is 6.07 Å². The minimum Gasteiger partial charge on any atom is -0.299 e. The summed E-state index contributed by atoms with van der Waals surface area (Å²) in [7, 11) is 0. The minimum atomic E-state index is -0.611. The van der Waals surface area contributed by atoms with Crippen LogP contribution < -0.4 is 0 Å². The number of hydrogen-bond donors (Lipinski definition) is 0. The molecule has 2 aliphatic rings. The molecule has 2 saturated carbocycles. The first-order valence-electron chi connectivity index (χ1n) is 6.20. The number of fused-ring (bicyclic) bond motifs is 1. The summed E-state index contributed by atoms with van der Waals surface area (Å²) in [5, 5.41) is 0. The second-order valence-corrected chi connectivity index (χ2v) is 5.54. The Bertz CT molecular complexity index is 509. The monoisotopic (exact) mass is 228 g/mol. The molecule has 1 aromatic carbocycles. The molecule has 0 saturated heterocycles. The third-order valence-electron chi connectivity index (χ3n) is 4.21. The van der Waals surface area contributed by atoms with E-state index in [-0.39, 0.29) is 11.6 Å². The van der Waals surface area contributed by atoms with E-state index < -0.39 is 5.41 Å². The van der Waals surface area contributed by atoms with Gasteiger partial charge in [-0.3, -0.25) is 9.59 Å². The van der Waals surface area contributed by atoms with Crippen molar-refractivity contribution in [3.8, 4) is 0 Å². The summed E-state index contributed by atoms with van der Waals surface area (Å²) >= 11 is 0. The van der Waals surface area contributed by atoms with Gasteiger partial charge >= 0.3 is 0 Å². The number of Topliss-reactive ketones (excluding diaryl/α,β-unsaturated/α-hetero) is 2. The Morgan fingerprint density at radius 3 is 2.35 bits per heavy atom. The van der Waals surface area contributed by atoms with E-state index in [0.717, 1.165) is 29.5 Å². The quantitative estimate of drug-likeness (QED) is 0.576. The van der Waals surface area contributed by atoms with E-state index in [1.807, 2.05) is 26.0 Å². The molecule has 0 amide bonds. The van der Waals surface area contributed by atoms with Crippen molar-refractivity contribution in [3.05, 3.63) is 34.9 Å². The van der Waals surface area contributed by atoms with Gasteiger partial charge < -0.3 is 0 Å². The van der Waals surface area contributed by atoms with Crippen LogP contribution in [0.5, 0.6) is 0 Å². The van der Waals surface area contributed by atoms with Crippen molar-refractivity contribution >= 4 is 11.6 Å². The van der Waals surface area contributed by atoms with E-state index in [4.69, 9.17) is 0 Å². The van der Waals surface area contributed by atoms with Crippen LogP contribution in [0.3, 0.4) is 0 Å². The molecule has 0 heterocycles. The summed E-state index contributed by atoms with van der Waals surface area (Å²) in [4.78, 5) is 24.4. The lowest BCUT2D eigenvalue weighted by atomic mass is 9.90. The van der Waals surface area contributed by atoms with Crippen molar-refractivity contribution in [2.75, 3.05) is 0 Å². The van der Waals surface area contributed by atoms with Gasteiger partial charge in [-0.05, 0) is 44.7 Å². The molecular formula is C15H16O2. The van der Waals surface area contributed by atoms with Gasteiger partial charge in [-0.1, -0.05) is 17.2 Å². The Labute approximate surface area is 101 Å². The van der Waals surface area contributed by atoms with E-state index in [1.54, 1.807) is 0 Å². The average Bonchev–Trinajstić information content (AvgIpc) is 2.92. The number of carbonyl (C=O) groups excluding carboxylic acids is 2. The molecule has 2 heteroatoms. The summed E-state index contributed by atoms with van der Waals surface area (Å²) in [5.41, 5.74) is 2.29. The highest BCUT2D eigenvalue weighted by molar-refractivity contribution is 6.18. The summed E-state index contributed by atoms with van der Waals surface area (Å²) in [5.74, 6) is 0.576. The van der Waals surface area contributed by atoms with Crippen molar-refractivity contribution in [1.82, 2.24) is 0 Å². The van der Waals surface area contributed by atoms with Crippen LogP contribution in [0.2, 0.25) is 0 Å². The molecule has 0 aromatic heterocycles. The number of benzene rings is 1. The zero-order valence-electron chi connectivity index (χ0n) is 10.2. The molecule has 0 aliphatic heterocycles.